The predicted octanol–water partition coefficient (Wildman–Crippen LogP) is 9.05. The lowest BCUT2D eigenvalue weighted by atomic mass is 9.96. The number of hydrogen-bond acceptors (Lipinski definition) is 10. The Hall–Kier alpha value is -4.35. The average Bonchev–Trinajstić information content (AvgIpc) is 3.64. The maximum absolute atomic E-state index is 14.4. The van der Waals surface area contributed by atoms with Crippen LogP contribution in [-0.2, 0) is 18.6 Å². The van der Waals surface area contributed by atoms with E-state index in [1.807, 2.05) is 6.07 Å². The molecule has 0 aliphatic carbocycles. The fraction of sp³-hybridized carbons (Fsp3) is 0.308. The third kappa shape index (κ3) is 9.37. The van der Waals surface area contributed by atoms with Gasteiger partial charge in [-0.1, -0.05) is 74.1 Å². The summed E-state index contributed by atoms with van der Waals surface area (Å²) >= 11 is 4.67. The molecule has 5 aromatic rings. The van der Waals surface area contributed by atoms with Crippen molar-refractivity contribution in [1.82, 2.24) is 20.0 Å². The Morgan fingerprint density at radius 2 is 1.47 bits per heavy atom. The van der Waals surface area contributed by atoms with Crippen LogP contribution in [0.4, 0.5) is 13.2 Å². The van der Waals surface area contributed by atoms with E-state index in [1.54, 1.807) is 73.1 Å². The van der Waals surface area contributed by atoms with Gasteiger partial charge in [-0.3, -0.25) is 4.98 Å². The van der Waals surface area contributed by atoms with Gasteiger partial charge in [-0.05, 0) is 76.5 Å². The molecule has 10 nitrogen and oxygen atoms in total. The van der Waals surface area contributed by atoms with E-state index >= 15 is 0 Å². The molecule has 288 valence electrons. The molecule has 0 N–H and O–H groups in total. The molecular formula is C39H38BrF3N4O6SSi. The number of carbonyl (C=O) groups excluding carboxylic acids is 2. The van der Waals surface area contributed by atoms with Gasteiger partial charge in [0, 0.05) is 27.3 Å². The monoisotopic (exact) mass is 854 g/mol. The van der Waals surface area contributed by atoms with Gasteiger partial charge < -0.3 is 18.6 Å². The van der Waals surface area contributed by atoms with Crippen LogP contribution in [-0.4, -0.2) is 70.6 Å². The molecule has 0 unspecified atom stereocenters. The van der Waals surface area contributed by atoms with E-state index in [9.17, 15) is 22.8 Å². The number of hydrogen-bond donors (Lipinski definition) is 0. The van der Waals surface area contributed by atoms with Crippen LogP contribution in [0.3, 0.4) is 0 Å². The predicted molar refractivity (Wildman–Crippen MR) is 205 cm³/mol. The van der Waals surface area contributed by atoms with Crippen molar-refractivity contribution in [2.45, 2.75) is 73.6 Å². The van der Waals surface area contributed by atoms with Crippen LogP contribution >= 0.6 is 27.7 Å². The Morgan fingerprint density at radius 1 is 0.891 bits per heavy atom. The number of rotatable bonds is 11. The molecule has 3 heterocycles. The lowest BCUT2D eigenvalue weighted by Crippen LogP contribution is -2.58. The number of carbonyl (C=O) groups is 2. The molecule has 0 saturated carbocycles. The topological polar surface area (TPSA) is 115 Å². The van der Waals surface area contributed by atoms with Crippen molar-refractivity contribution >= 4 is 47.9 Å². The van der Waals surface area contributed by atoms with Gasteiger partial charge in [-0.2, -0.15) is 0 Å². The minimum Gasteiger partial charge on any atom is -0.453 e. The summed E-state index contributed by atoms with van der Waals surface area (Å²) in [7, 11) is -2.44. The van der Waals surface area contributed by atoms with E-state index in [2.05, 4.69) is 65.1 Å². The van der Waals surface area contributed by atoms with Crippen molar-refractivity contribution in [2.75, 3.05) is 6.61 Å². The van der Waals surface area contributed by atoms with Crippen LogP contribution < -0.4 is 0 Å². The maximum atomic E-state index is 14.4. The molecule has 1 fully saturated rings. The summed E-state index contributed by atoms with van der Waals surface area (Å²) in [6.07, 6.45) is 1.16. The highest BCUT2D eigenvalue weighted by molar-refractivity contribution is 9.10. The molecule has 16 heteroatoms. The van der Waals surface area contributed by atoms with Crippen molar-refractivity contribution in [3.05, 3.63) is 131 Å². The quantitative estimate of drug-likeness (QED) is 0.0725. The molecule has 0 amide bonds. The van der Waals surface area contributed by atoms with Crippen LogP contribution in [0.25, 0.3) is 11.3 Å². The largest absolute Gasteiger partial charge is 0.453 e. The third-order valence-corrected chi connectivity index (χ3v) is 15.6. The molecule has 3 aromatic carbocycles. The number of thioether (sulfide) groups is 1. The second kappa shape index (κ2) is 16.8. The highest BCUT2D eigenvalue weighted by Gasteiger charge is 2.53. The van der Waals surface area contributed by atoms with Gasteiger partial charge in [0.2, 0.25) is 0 Å². The first-order valence-electron chi connectivity index (χ1n) is 17.3. The lowest BCUT2D eigenvalue weighted by Gasteiger charge is -2.46. The molecular weight excluding hydrogens is 818 g/mol. The molecule has 1 aliphatic rings. The van der Waals surface area contributed by atoms with Gasteiger partial charge in [0.15, 0.2) is 38.0 Å². The highest BCUT2D eigenvalue weighted by Crippen LogP contribution is 2.43. The maximum Gasteiger partial charge on any atom is 0.338 e. The second-order valence-corrected chi connectivity index (χ2v) is 21.3. The Morgan fingerprint density at radius 3 is 2.04 bits per heavy atom. The SMILES string of the molecule is CC(C)(C)[Si](C)(C)OC[C@H]1O[C@H](Sc2cncc(Br)c2)[C@H](OC(=O)c2ccccc2)[C@@H](n2cc(-c3cc(F)c(F)c(F)c3)nn2)[C@H]1OC(=O)c1ccccc1. The lowest BCUT2D eigenvalue weighted by molar-refractivity contribution is -0.179. The van der Waals surface area contributed by atoms with Crippen LogP contribution in [0.1, 0.15) is 47.5 Å². The molecule has 0 bridgehead atoms. The summed E-state index contributed by atoms with van der Waals surface area (Å²) in [6.45, 7) is 10.4. The first kappa shape index (κ1) is 40.3. The highest BCUT2D eigenvalue weighted by atomic mass is 79.9. The number of benzene rings is 3. The van der Waals surface area contributed by atoms with E-state index < -0.39 is 67.5 Å². The summed E-state index contributed by atoms with van der Waals surface area (Å²) in [4.78, 5) is 32.7. The van der Waals surface area contributed by atoms with E-state index in [0.29, 0.717) is 9.37 Å². The van der Waals surface area contributed by atoms with Gasteiger partial charge in [0.25, 0.3) is 0 Å². The first-order chi connectivity index (χ1) is 26.1. The first-order valence-corrected chi connectivity index (χ1v) is 21.8. The second-order valence-electron chi connectivity index (χ2n) is 14.4. The fourth-order valence-electron chi connectivity index (χ4n) is 5.58. The van der Waals surface area contributed by atoms with Crippen molar-refractivity contribution in [1.29, 1.82) is 0 Å². The van der Waals surface area contributed by atoms with E-state index in [1.165, 1.54) is 22.6 Å². The smallest absolute Gasteiger partial charge is 0.338 e. The van der Waals surface area contributed by atoms with Crippen molar-refractivity contribution in [2.24, 2.45) is 0 Å². The van der Waals surface area contributed by atoms with Gasteiger partial charge in [0.1, 0.15) is 23.3 Å². The zero-order valence-electron chi connectivity index (χ0n) is 30.5. The summed E-state index contributed by atoms with van der Waals surface area (Å²) in [6, 6.07) is 18.9. The zero-order chi connectivity index (χ0) is 39.5. The minimum atomic E-state index is -2.44. The molecule has 0 spiro atoms. The van der Waals surface area contributed by atoms with Crippen LogP contribution in [0.2, 0.25) is 18.1 Å². The van der Waals surface area contributed by atoms with Crippen molar-refractivity contribution in [3.8, 4) is 11.3 Å². The summed E-state index contributed by atoms with van der Waals surface area (Å²) in [5.74, 6) is -5.86. The fourth-order valence-corrected chi connectivity index (χ4v) is 8.25. The van der Waals surface area contributed by atoms with Crippen LogP contribution in [0.5, 0.6) is 0 Å². The van der Waals surface area contributed by atoms with Gasteiger partial charge >= 0.3 is 11.9 Å². The van der Waals surface area contributed by atoms with Gasteiger partial charge in [-0.15, -0.1) is 5.10 Å². The summed E-state index contributed by atoms with van der Waals surface area (Å²) in [5.41, 5.74) is -0.626. The number of ether oxygens (including phenoxy) is 3. The molecule has 5 atom stereocenters. The molecule has 6 rings (SSSR count). The summed E-state index contributed by atoms with van der Waals surface area (Å²) in [5, 5.41) is 8.30. The molecule has 2 aromatic heterocycles. The Balaban J connectivity index is 1.51. The Bertz CT molecular complexity index is 2120. The Kier molecular flexibility index (Phi) is 12.3. The van der Waals surface area contributed by atoms with Crippen molar-refractivity contribution in [3.63, 3.8) is 0 Å². The Labute approximate surface area is 330 Å². The molecule has 0 radical (unpaired) electrons. The number of esters is 2. The number of halogens is 4. The molecule has 55 heavy (non-hydrogen) atoms. The van der Waals surface area contributed by atoms with E-state index in [-0.39, 0.29) is 34.0 Å². The average molecular weight is 856 g/mol. The standard InChI is InChI=1S/C39H38BrF3N4O6SSi/c1-39(2,3)55(4,5)50-22-31-34(52-36(48)23-12-8-6-9-13-23)33(47-21-30(45-46-47)25-16-28(41)32(43)29(42)17-25)35(53-37(49)24-14-10-7-11-15-24)38(51-31)54-27-18-26(40)19-44-20-27/h6-21,31,33-35,38H,22H2,1-5H3/t31-,33+,34+,35-,38-/m1/s1. The molecule has 1 aliphatic heterocycles. The number of nitrogens with zero attached hydrogens (tertiary/aromatic N) is 4. The van der Waals surface area contributed by atoms with Crippen LogP contribution in [0.15, 0.2) is 107 Å². The van der Waals surface area contributed by atoms with E-state index in [0.717, 1.165) is 12.1 Å². The number of aromatic nitrogens is 4. The van der Waals surface area contributed by atoms with Gasteiger partial charge in [0.05, 0.1) is 23.9 Å². The van der Waals surface area contributed by atoms with Gasteiger partial charge in [-0.25, -0.2) is 27.4 Å². The summed E-state index contributed by atoms with van der Waals surface area (Å²) < 4.78 is 70.8. The normalized spacial score (nSPS) is 20.2. The van der Waals surface area contributed by atoms with Crippen LogP contribution in [0, 0.1) is 17.5 Å². The zero-order valence-corrected chi connectivity index (χ0v) is 33.9. The molecule has 1 saturated heterocycles. The van der Waals surface area contributed by atoms with E-state index in [4.69, 9.17) is 18.6 Å². The third-order valence-electron chi connectivity index (χ3n) is 9.56. The number of pyridine rings is 1. The minimum absolute atomic E-state index is 0.0250. The van der Waals surface area contributed by atoms with Crippen molar-refractivity contribution < 1.29 is 41.4 Å².